The highest BCUT2D eigenvalue weighted by Gasteiger charge is 2.65. The molecule has 2 heterocycles. The lowest BCUT2D eigenvalue weighted by Crippen LogP contribution is -2.36. The van der Waals surface area contributed by atoms with Crippen LogP contribution >= 0.6 is 11.6 Å². The zero-order valence-electron chi connectivity index (χ0n) is 24.4. The van der Waals surface area contributed by atoms with Gasteiger partial charge < -0.3 is 10.0 Å². The monoisotopic (exact) mass is 654 g/mol. The maximum absolute atomic E-state index is 15.3. The Morgan fingerprint density at radius 2 is 1.83 bits per heavy atom. The third-order valence-electron chi connectivity index (χ3n) is 8.87. The first-order valence-corrected chi connectivity index (χ1v) is 14.9. The Labute approximate surface area is 265 Å². The number of carboxylic acid groups (broad SMARTS) is 1. The second-order valence-electron chi connectivity index (χ2n) is 11.7. The number of carbonyl (C=O) groups excluding carboxylic acids is 2. The predicted molar refractivity (Wildman–Crippen MR) is 159 cm³/mol. The largest absolute Gasteiger partial charge is 0.478 e. The molecule has 1 fully saturated rings. The summed E-state index contributed by atoms with van der Waals surface area (Å²) < 4.78 is 59.0. The molecule has 1 saturated carbocycles. The van der Waals surface area contributed by atoms with E-state index < -0.39 is 35.2 Å². The molecule has 6 rings (SSSR count). The molecule has 4 aromatic rings. The molecule has 13 heteroatoms. The van der Waals surface area contributed by atoms with Crippen molar-refractivity contribution in [2.24, 2.45) is 5.92 Å². The summed E-state index contributed by atoms with van der Waals surface area (Å²) in [5.74, 6) is -3.99. The van der Waals surface area contributed by atoms with Gasteiger partial charge in [0.1, 0.15) is 5.82 Å². The molecule has 1 atom stereocenters. The number of nitrogens with zero attached hydrogens (tertiary/aromatic N) is 4. The SMILES string of the molecule is CN(Cc1ccncc1)C(=O)C1CCc2c(-c3ccc(C(=O)O)cc3F)nn(C(=O)c3c(Cl)cccc3C3(C(F)(F)F)CC3)c2C1. The van der Waals surface area contributed by atoms with E-state index in [2.05, 4.69) is 10.1 Å². The van der Waals surface area contributed by atoms with Gasteiger partial charge in [-0.15, -0.1) is 0 Å². The summed E-state index contributed by atoms with van der Waals surface area (Å²) in [5.41, 5.74) is -1.63. The van der Waals surface area contributed by atoms with E-state index in [0.717, 1.165) is 16.3 Å². The molecule has 238 valence electrons. The van der Waals surface area contributed by atoms with Crippen LogP contribution in [0.3, 0.4) is 0 Å². The summed E-state index contributed by atoms with van der Waals surface area (Å²) in [4.78, 5) is 44.8. The second kappa shape index (κ2) is 11.7. The first-order chi connectivity index (χ1) is 21.8. The van der Waals surface area contributed by atoms with E-state index >= 15 is 4.39 Å². The first kappa shape index (κ1) is 31.4. The Morgan fingerprint density at radius 3 is 2.46 bits per heavy atom. The number of aromatic carboxylic acids is 1. The number of fused-ring (bicyclic) bond motifs is 1. The number of halogens is 5. The zero-order chi connectivity index (χ0) is 33.0. The molecule has 2 aliphatic carbocycles. The van der Waals surface area contributed by atoms with Gasteiger partial charge in [0.2, 0.25) is 5.91 Å². The van der Waals surface area contributed by atoms with Crippen LogP contribution in [0.25, 0.3) is 11.3 Å². The highest BCUT2D eigenvalue weighted by molar-refractivity contribution is 6.34. The fourth-order valence-corrected chi connectivity index (χ4v) is 6.53. The number of benzene rings is 2. The average molecular weight is 655 g/mol. The molecule has 0 saturated heterocycles. The number of rotatable bonds is 7. The second-order valence-corrected chi connectivity index (χ2v) is 12.1. The molecule has 2 aromatic carbocycles. The number of aromatic nitrogens is 3. The molecule has 0 radical (unpaired) electrons. The van der Waals surface area contributed by atoms with Crippen molar-refractivity contribution in [1.82, 2.24) is 19.7 Å². The fraction of sp³-hybridized carbons (Fsp3) is 0.303. The van der Waals surface area contributed by atoms with Gasteiger partial charge in [0.15, 0.2) is 0 Å². The van der Waals surface area contributed by atoms with Gasteiger partial charge in [0, 0.05) is 49.5 Å². The normalized spacial score (nSPS) is 16.9. The molecule has 1 unspecified atom stereocenters. The molecule has 2 aliphatic rings. The zero-order valence-corrected chi connectivity index (χ0v) is 25.2. The van der Waals surface area contributed by atoms with E-state index in [1.807, 2.05) is 0 Å². The van der Waals surface area contributed by atoms with Crippen molar-refractivity contribution < 1.29 is 37.1 Å². The molecular weight excluding hydrogens is 628 g/mol. The lowest BCUT2D eigenvalue weighted by Gasteiger charge is -2.27. The lowest BCUT2D eigenvalue weighted by atomic mass is 9.84. The van der Waals surface area contributed by atoms with Crippen LogP contribution in [0.2, 0.25) is 5.02 Å². The van der Waals surface area contributed by atoms with Gasteiger partial charge in [-0.1, -0.05) is 23.7 Å². The number of amides is 1. The predicted octanol–water partition coefficient (Wildman–Crippen LogP) is 6.48. The minimum Gasteiger partial charge on any atom is -0.478 e. The number of pyridine rings is 1. The fourth-order valence-electron chi connectivity index (χ4n) is 6.28. The standard InChI is InChI=1S/C33H27ClF4N4O4/c1-41(17-18-9-13-39-14-10-18)29(43)19-5-8-22-26(16-19)42(40-28(22)21-7-6-20(31(45)46)15-25(21)35)30(44)27-23(3-2-4-24(27)34)32(11-12-32)33(36,37)38/h2-4,6-7,9-10,13-15,19H,5,8,11-12,16-17H2,1H3,(H,45,46). The summed E-state index contributed by atoms with van der Waals surface area (Å²) in [6.07, 6.45) is -1.27. The first-order valence-electron chi connectivity index (χ1n) is 14.5. The summed E-state index contributed by atoms with van der Waals surface area (Å²) >= 11 is 6.42. The van der Waals surface area contributed by atoms with Crippen LogP contribution < -0.4 is 0 Å². The molecule has 0 spiro atoms. The van der Waals surface area contributed by atoms with Gasteiger partial charge in [-0.3, -0.25) is 14.6 Å². The molecule has 46 heavy (non-hydrogen) atoms. The molecule has 1 amide bonds. The van der Waals surface area contributed by atoms with Gasteiger partial charge in [0.25, 0.3) is 5.91 Å². The Kier molecular flexibility index (Phi) is 7.95. The van der Waals surface area contributed by atoms with Crippen LogP contribution in [0.1, 0.15) is 62.4 Å². The molecule has 1 N–H and O–H groups in total. The van der Waals surface area contributed by atoms with Crippen LogP contribution in [-0.4, -0.2) is 55.8 Å². The van der Waals surface area contributed by atoms with Crippen LogP contribution in [-0.2, 0) is 29.6 Å². The van der Waals surface area contributed by atoms with E-state index in [-0.39, 0.29) is 70.3 Å². The number of alkyl halides is 3. The molecule has 0 bridgehead atoms. The molecule has 8 nitrogen and oxygen atoms in total. The van der Waals surface area contributed by atoms with Gasteiger partial charge in [-0.2, -0.15) is 23.0 Å². The maximum atomic E-state index is 15.3. The Bertz CT molecular complexity index is 1870. The maximum Gasteiger partial charge on any atom is 0.398 e. The number of hydrogen-bond donors (Lipinski definition) is 1. The highest BCUT2D eigenvalue weighted by Crippen LogP contribution is 2.60. The molecular formula is C33H27ClF4N4O4. The van der Waals surface area contributed by atoms with Crippen molar-refractivity contribution in [3.8, 4) is 11.3 Å². The van der Waals surface area contributed by atoms with Crippen molar-refractivity contribution in [2.75, 3.05) is 7.05 Å². The van der Waals surface area contributed by atoms with Crippen molar-refractivity contribution in [2.45, 2.75) is 50.2 Å². The summed E-state index contributed by atoms with van der Waals surface area (Å²) in [7, 11) is 1.65. The molecule has 0 aliphatic heterocycles. The van der Waals surface area contributed by atoms with Crippen molar-refractivity contribution in [3.05, 3.63) is 105 Å². The van der Waals surface area contributed by atoms with Crippen LogP contribution in [0.15, 0.2) is 60.9 Å². The summed E-state index contributed by atoms with van der Waals surface area (Å²) in [6, 6.07) is 10.7. The Hall–Kier alpha value is -4.58. The van der Waals surface area contributed by atoms with Gasteiger partial charge >= 0.3 is 12.1 Å². The third kappa shape index (κ3) is 5.44. The minimum atomic E-state index is -4.63. The number of carboxylic acids is 1. The summed E-state index contributed by atoms with van der Waals surface area (Å²) in [6.45, 7) is 0.303. The minimum absolute atomic E-state index is 0.00657. The highest BCUT2D eigenvalue weighted by atomic mass is 35.5. The lowest BCUT2D eigenvalue weighted by molar-refractivity contribution is -0.160. The quantitative estimate of drug-likeness (QED) is 0.229. The van der Waals surface area contributed by atoms with E-state index in [9.17, 15) is 32.7 Å². The van der Waals surface area contributed by atoms with Gasteiger partial charge in [-0.05, 0) is 73.2 Å². The van der Waals surface area contributed by atoms with Crippen molar-refractivity contribution in [3.63, 3.8) is 0 Å². The topological polar surface area (TPSA) is 105 Å². The average Bonchev–Trinajstić information content (AvgIpc) is 3.77. The van der Waals surface area contributed by atoms with Gasteiger partial charge in [0.05, 0.1) is 33.0 Å². The van der Waals surface area contributed by atoms with Crippen molar-refractivity contribution in [1.29, 1.82) is 0 Å². The van der Waals surface area contributed by atoms with E-state index in [0.29, 0.717) is 18.5 Å². The van der Waals surface area contributed by atoms with E-state index in [1.54, 1.807) is 36.5 Å². The van der Waals surface area contributed by atoms with E-state index in [4.69, 9.17) is 11.6 Å². The third-order valence-corrected chi connectivity index (χ3v) is 9.18. The number of carbonyl (C=O) groups is 3. The number of hydrogen-bond acceptors (Lipinski definition) is 5. The smallest absolute Gasteiger partial charge is 0.398 e. The Balaban J connectivity index is 1.44. The molecule has 2 aromatic heterocycles. The van der Waals surface area contributed by atoms with Gasteiger partial charge in [-0.25, -0.2) is 9.18 Å². The van der Waals surface area contributed by atoms with Crippen molar-refractivity contribution >= 4 is 29.4 Å². The van der Waals surface area contributed by atoms with Crippen LogP contribution in [0.4, 0.5) is 17.6 Å². The Morgan fingerprint density at radius 1 is 1.11 bits per heavy atom. The summed E-state index contributed by atoms with van der Waals surface area (Å²) in [5, 5.41) is 13.5. The van der Waals surface area contributed by atoms with E-state index in [1.165, 1.54) is 30.3 Å². The van der Waals surface area contributed by atoms with Crippen LogP contribution in [0, 0.1) is 11.7 Å². The van der Waals surface area contributed by atoms with Crippen LogP contribution in [0.5, 0.6) is 0 Å².